The average molecular weight is 541 g/mol. The van der Waals surface area contributed by atoms with E-state index >= 15 is 0 Å². The van der Waals surface area contributed by atoms with Gasteiger partial charge in [0.1, 0.15) is 5.82 Å². The lowest BCUT2D eigenvalue weighted by molar-refractivity contribution is -0.164. The van der Waals surface area contributed by atoms with Gasteiger partial charge in [0.05, 0.1) is 22.3 Å². The van der Waals surface area contributed by atoms with Crippen molar-refractivity contribution in [2.45, 2.75) is 116 Å². The number of halogens is 2. The minimum absolute atomic E-state index is 0.0566. The molecule has 2 heterocycles. The Morgan fingerprint density at radius 2 is 1.66 bits per heavy atom. The molecule has 4 aliphatic carbocycles. The molecule has 1 aromatic carbocycles. The molecule has 0 radical (unpaired) electrons. The van der Waals surface area contributed by atoms with Gasteiger partial charge in [-0.2, -0.15) is 5.10 Å². The van der Waals surface area contributed by atoms with Crippen LogP contribution in [0.3, 0.4) is 0 Å². The lowest BCUT2D eigenvalue weighted by Gasteiger charge is -2.69. The van der Waals surface area contributed by atoms with Crippen LogP contribution in [0.5, 0.6) is 0 Å². The third-order valence-corrected chi connectivity index (χ3v) is 10.1. The smallest absolute Gasteiger partial charge is 0.237 e. The van der Waals surface area contributed by atoms with Crippen molar-refractivity contribution in [3.63, 3.8) is 0 Å². The number of carbonyl (C=O) groups excluding carboxylic acids is 1. The van der Waals surface area contributed by atoms with Gasteiger partial charge in [-0.1, -0.05) is 38.4 Å². The van der Waals surface area contributed by atoms with Crippen molar-refractivity contribution in [1.82, 2.24) is 20.4 Å². The molecule has 2 N–H and O–H groups in total. The van der Waals surface area contributed by atoms with E-state index < -0.39 is 5.82 Å². The highest BCUT2D eigenvalue weighted by Gasteiger charge is 2.64. The first-order chi connectivity index (χ1) is 17.6. The Morgan fingerprint density at radius 1 is 1.05 bits per heavy atom. The van der Waals surface area contributed by atoms with Gasteiger partial charge < -0.3 is 5.32 Å². The van der Waals surface area contributed by atoms with E-state index in [-0.39, 0.29) is 40.0 Å². The topological polar surface area (TPSA) is 59.0 Å². The highest BCUT2D eigenvalue weighted by atomic mass is 35.5. The normalized spacial score (nSPS) is 40.1. The van der Waals surface area contributed by atoms with E-state index in [1.807, 2.05) is 23.0 Å². The van der Waals surface area contributed by atoms with E-state index in [1.54, 1.807) is 6.07 Å². The summed E-state index contributed by atoms with van der Waals surface area (Å²) >= 11 is 6.00. The van der Waals surface area contributed by atoms with E-state index in [2.05, 4.69) is 52.2 Å². The van der Waals surface area contributed by atoms with Gasteiger partial charge in [-0.25, -0.2) is 4.39 Å². The van der Waals surface area contributed by atoms with Gasteiger partial charge in [-0.15, -0.1) is 0 Å². The molecule has 1 aromatic heterocycles. The van der Waals surface area contributed by atoms with Gasteiger partial charge >= 0.3 is 0 Å². The largest absolute Gasteiger partial charge is 0.349 e. The summed E-state index contributed by atoms with van der Waals surface area (Å²) in [5.74, 6) is -0.431. The van der Waals surface area contributed by atoms with Crippen LogP contribution in [-0.4, -0.2) is 27.3 Å². The lowest BCUT2D eigenvalue weighted by atomic mass is 9.38. The number of aromatic nitrogens is 2. The molecule has 4 bridgehead atoms. The Kier molecular flexibility index (Phi) is 5.74. The standard InChI is InChI=1S/C31H42ClFN4O/c1-27(2,3)37-10-9-23(36-37)20-12-24(34-25(20)19-7-8-21(32)22(33)11-19)26(38)35-31-16-28(4)13-29(5,17-31)15-30(6,14-28)18-31/h7-11,20,24-25,34H,12-18H2,1-6H3,(H,35,38)/t20?,24-,25-,28?,29?,30?,31?/m0/s1. The van der Waals surface area contributed by atoms with Crippen LogP contribution in [0.2, 0.25) is 5.02 Å². The molecular weight excluding hydrogens is 499 g/mol. The van der Waals surface area contributed by atoms with E-state index in [4.69, 9.17) is 16.7 Å². The molecule has 5 nitrogen and oxygen atoms in total. The highest BCUT2D eigenvalue weighted by Crippen LogP contribution is 2.70. The Morgan fingerprint density at radius 3 is 2.18 bits per heavy atom. The second-order valence-corrected chi connectivity index (χ2v) is 15.7. The Balaban J connectivity index is 1.28. The number of hydrogen-bond donors (Lipinski definition) is 2. The number of nitrogens with one attached hydrogen (secondary N) is 2. The molecule has 1 unspecified atom stereocenters. The quantitative estimate of drug-likeness (QED) is 0.444. The molecule has 206 valence electrons. The third kappa shape index (κ3) is 4.50. The van der Waals surface area contributed by atoms with Crippen molar-refractivity contribution >= 4 is 17.5 Å². The van der Waals surface area contributed by atoms with Crippen molar-refractivity contribution in [3.8, 4) is 0 Å². The van der Waals surface area contributed by atoms with Crippen LogP contribution in [0.25, 0.3) is 0 Å². The zero-order chi connectivity index (χ0) is 27.3. The molecule has 1 aliphatic heterocycles. The molecule has 5 aliphatic rings. The second kappa shape index (κ2) is 8.30. The van der Waals surface area contributed by atoms with Gasteiger partial charge in [-0.05, 0) is 106 Å². The molecule has 1 amide bonds. The van der Waals surface area contributed by atoms with Crippen molar-refractivity contribution in [1.29, 1.82) is 0 Å². The second-order valence-electron chi connectivity index (χ2n) is 15.3. The maximum Gasteiger partial charge on any atom is 0.237 e. The molecule has 7 heteroatoms. The molecule has 3 atom stereocenters. The van der Waals surface area contributed by atoms with Gasteiger partial charge in [0.25, 0.3) is 0 Å². The highest BCUT2D eigenvalue weighted by molar-refractivity contribution is 6.30. The fraction of sp³-hybridized carbons (Fsp3) is 0.677. The van der Waals surface area contributed by atoms with E-state index in [1.165, 1.54) is 25.3 Å². The lowest BCUT2D eigenvalue weighted by Crippen LogP contribution is -2.68. The first kappa shape index (κ1) is 26.3. The predicted octanol–water partition coefficient (Wildman–Crippen LogP) is 6.87. The maximum atomic E-state index is 14.5. The van der Waals surface area contributed by atoms with Crippen LogP contribution >= 0.6 is 11.6 Å². The minimum atomic E-state index is -0.443. The zero-order valence-corrected chi connectivity index (χ0v) is 24.4. The summed E-state index contributed by atoms with van der Waals surface area (Å²) in [5, 5.41) is 12.2. The Labute approximate surface area is 231 Å². The van der Waals surface area contributed by atoms with E-state index in [0.717, 1.165) is 30.5 Å². The maximum absolute atomic E-state index is 14.5. The summed E-state index contributed by atoms with van der Waals surface area (Å²) in [5.41, 5.74) is 2.30. The van der Waals surface area contributed by atoms with Crippen LogP contribution in [0.15, 0.2) is 30.5 Å². The molecule has 0 spiro atoms. The fourth-order valence-electron chi connectivity index (χ4n) is 9.98. The Bertz CT molecular complexity index is 1230. The number of benzene rings is 1. The number of rotatable bonds is 4. The van der Waals surface area contributed by atoms with Gasteiger partial charge in [0.2, 0.25) is 5.91 Å². The first-order valence-corrected chi connectivity index (χ1v) is 14.6. The van der Waals surface area contributed by atoms with Crippen LogP contribution in [0, 0.1) is 22.1 Å². The number of hydrogen-bond acceptors (Lipinski definition) is 3. The van der Waals surface area contributed by atoms with Crippen LogP contribution in [-0.2, 0) is 10.3 Å². The first-order valence-electron chi connectivity index (χ1n) is 14.2. The third-order valence-electron chi connectivity index (χ3n) is 9.81. The van der Waals surface area contributed by atoms with Crippen LogP contribution < -0.4 is 10.6 Å². The fourth-order valence-corrected chi connectivity index (χ4v) is 10.1. The summed E-state index contributed by atoms with van der Waals surface area (Å²) in [7, 11) is 0. The SMILES string of the molecule is CC12CC3(C)CC(C)(C1)CC(NC(=O)[C@@H]1CC(c4ccn(C(C)(C)C)n4)[C@H](c4ccc(Cl)c(F)c4)N1)(C2)C3. The van der Waals surface area contributed by atoms with Crippen LogP contribution in [0.1, 0.15) is 110 Å². The van der Waals surface area contributed by atoms with Crippen LogP contribution in [0.4, 0.5) is 4.39 Å². The molecule has 2 aromatic rings. The molecule has 7 rings (SSSR count). The predicted molar refractivity (Wildman–Crippen MR) is 149 cm³/mol. The van der Waals surface area contributed by atoms with Crippen molar-refractivity contribution < 1.29 is 9.18 Å². The molecule has 1 saturated heterocycles. The van der Waals surface area contributed by atoms with Crippen molar-refractivity contribution in [3.05, 3.63) is 52.6 Å². The number of amides is 1. The molecule has 4 saturated carbocycles. The summed E-state index contributed by atoms with van der Waals surface area (Å²) in [6.07, 6.45) is 9.59. The van der Waals surface area contributed by atoms with E-state index in [0.29, 0.717) is 22.7 Å². The summed E-state index contributed by atoms with van der Waals surface area (Å²) in [4.78, 5) is 14.0. The summed E-state index contributed by atoms with van der Waals surface area (Å²) in [6, 6.07) is 6.39. The summed E-state index contributed by atoms with van der Waals surface area (Å²) in [6.45, 7) is 13.6. The van der Waals surface area contributed by atoms with E-state index in [9.17, 15) is 9.18 Å². The van der Waals surface area contributed by atoms with Gasteiger partial charge in [0, 0.05) is 23.7 Å². The Hall–Kier alpha value is -1.92. The zero-order valence-electron chi connectivity index (χ0n) is 23.6. The molecular formula is C31H42ClFN4O. The van der Waals surface area contributed by atoms with Gasteiger partial charge in [-0.3, -0.25) is 14.8 Å². The van der Waals surface area contributed by atoms with Gasteiger partial charge in [0.15, 0.2) is 0 Å². The number of nitrogens with zero attached hydrogens (tertiary/aromatic N) is 2. The van der Waals surface area contributed by atoms with Crippen molar-refractivity contribution in [2.24, 2.45) is 16.2 Å². The number of carbonyl (C=O) groups is 1. The monoisotopic (exact) mass is 540 g/mol. The van der Waals surface area contributed by atoms with Crippen molar-refractivity contribution in [2.75, 3.05) is 0 Å². The molecule has 38 heavy (non-hydrogen) atoms. The summed E-state index contributed by atoms with van der Waals surface area (Å²) < 4.78 is 16.5. The molecule has 5 fully saturated rings. The minimum Gasteiger partial charge on any atom is -0.349 e. The average Bonchev–Trinajstić information content (AvgIpc) is 3.39.